The Morgan fingerprint density at radius 1 is 1.32 bits per heavy atom. The lowest BCUT2D eigenvalue weighted by molar-refractivity contribution is 0.0222. The molecule has 0 radical (unpaired) electrons. The molecule has 0 aliphatic carbocycles. The number of carbonyl (C=O) groups is 1. The average Bonchev–Trinajstić information content (AvgIpc) is 2.39. The number of hydrogen-bond donors (Lipinski definition) is 1. The van der Waals surface area contributed by atoms with Gasteiger partial charge in [0.25, 0.3) is 5.91 Å². The molecule has 19 heavy (non-hydrogen) atoms. The first kappa shape index (κ1) is 13.0. The van der Waals surface area contributed by atoms with Crippen LogP contribution in [0.2, 0.25) is 0 Å². The molecule has 0 unspecified atom stereocenters. The molecule has 1 N–H and O–H groups in total. The van der Waals surface area contributed by atoms with Gasteiger partial charge in [0.05, 0.1) is 0 Å². The summed E-state index contributed by atoms with van der Waals surface area (Å²) < 4.78 is 0.895. The summed E-state index contributed by atoms with van der Waals surface area (Å²) in [6.07, 6.45) is 1.67. The van der Waals surface area contributed by atoms with E-state index in [0.717, 1.165) is 43.7 Å². The van der Waals surface area contributed by atoms with Gasteiger partial charge >= 0.3 is 0 Å². The number of rotatable bonds is 2. The SMILES string of the molecule is O=C(c1ccc(Br)cn1)N1CC(N2CCNCC2)C1. The molecule has 0 atom stereocenters. The van der Waals surface area contributed by atoms with Gasteiger partial charge in [-0.25, -0.2) is 4.98 Å². The molecule has 6 heteroatoms. The fourth-order valence-electron chi connectivity index (χ4n) is 2.56. The van der Waals surface area contributed by atoms with Gasteiger partial charge in [-0.1, -0.05) is 0 Å². The summed E-state index contributed by atoms with van der Waals surface area (Å²) in [5.74, 6) is 0.0406. The average molecular weight is 325 g/mol. The summed E-state index contributed by atoms with van der Waals surface area (Å²) in [5, 5.41) is 3.35. The molecule has 1 aromatic heterocycles. The Balaban J connectivity index is 1.55. The van der Waals surface area contributed by atoms with Crippen LogP contribution in [0.15, 0.2) is 22.8 Å². The van der Waals surface area contributed by atoms with Crippen LogP contribution in [0.4, 0.5) is 0 Å². The summed E-state index contributed by atoms with van der Waals surface area (Å²) in [4.78, 5) is 20.7. The predicted octanol–water partition coefficient (Wildman–Crippen LogP) is 0.574. The fraction of sp³-hybridized carbons (Fsp3) is 0.538. The highest BCUT2D eigenvalue weighted by Crippen LogP contribution is 2.18. The minimum atomic E-state index is 0.0406. The van der Waals surface area contributed by atoms with Crippen LogP contribution in [-0.4, -0.2) is 66.0 Å². The van der Waals surface area contributed by atoms with Crippen molar-refractivity contribution in [1.29, 1.82) is 0 Å². The number of amides is 1. The van der Waals surface area contributed by atoms with Gasteiger partial charge in [0, 0.05) is 56.0 Å². The van der Waals surface area contributed by atoms with E-state index in [2.05, 4.69) is 31.1 Å². The highest BCUT2D eigenvalue weighted by atomic mass is 79.9. The summed E-state index contributed by atoms with van der Waals surface area (Å²) in [6.45, 7) is 5.94. The molecular formula is C13H17BrN4O. The number of carbonyl (C=O) groups excluding carboxylic acids is 1. The number of nitrogens with zero attached hydrogens (tertiary/aromatic N) is 3. The molecule has 3 rings (SSSR count). The molecular weight excluding hydrogens is 308 g/mol. The van der Waals surface area contributed by atoms with E-state index in [-0.39, 0.29) is 5.91 Å². The van der Waals surface area contributed by atoms with Gasteiger partial charge in [-0.15, -0.1) is 0 Å². The molecule has 0 spiro atoms. The maximum Gasteiger partial charge on any atom is 0.272 e. The van der Waals surface area contributed by atoms with Gasteiger partial charge in [-0.3, -0.25) is 9.69 Å². The maximum absolute atomic E-state index is 12.2. The smallest absolute Gasteiger partial charge is 0.272 e. The summed E-state index contributed by atoms with van der Waals surface area (Å²) in [5.41, 5.74) is 0.530. The number of likely N-dealkylation sites (tertiary alicyclic amines) is 1. The lowest BCUT2D eigenvalue weighted by Crippen LogP contribution is -2.63. The number of hydrogen-bond acceptors (Lipinski definition) is 4. The van der Waals surface area contributed by atoms with Gasteiger partial charge < -0.3 is 10.2 Å². The molecule has 0 saturated carbocycles. The third kappa shape index (κ3) is 2.80. The molecule has 2 fully saturated rings. The summed E-state index contributed by atoms with van der Waals surface area (Å²) >= 11 is 3.32. The third-order valence-electron chi connectivity index (χ3n) is 3.76. The maximum atomic E-state index is 12.2. The third-order valence-corrected chi connectivity index (χ3v) is 4.23. The normalized spacial score (nSPS) is 21.2. The predicted molar refractivity (Wildman–Crippen MR) is 76.1 cm³/mol. The van der Waals surface area contributed by atoms with E-state index >= 15 is 0 Å². The fourth-order valence-corrected chi connectivity index (χ4v) is 2.80. The molecule has 0 bridgehead atoms. The molecule has 2 saturated heterocycles. The lowest BCUT2D eigenvalue weighted by atomic mass is 10.1. The molecule has 102 valence electrons. The van der Waals surface area contributed by atoms with Crippen molar-refractivity contribution in [3.63, 3.8) is 0 Å². The van der Waals surface area contributed by atoms with Crippen molar-refractivity contribution in [2.24, 2.45) is 0 Å². The van der Waals surface area contributed by atoms with Gasteiger partial charge in [0.1, 0.15) is 5.69 Å². The van der Waals surface area contributed by atoms with Crippen molar-refractivity contribution < 1.29 is 4.79 Å². The molecule has 2 aliphatic heterocycles. The van der Waals surface area contributed by atoms with Crippen molar-refractivity contribution in [3.05, 3.63) is 28.5 Å². The second-order valence-electron chi connectivity index (χ2n) is 5.01. The van der Waals surface area contributed by atoms with Gasteiger partial charge in [0.2, 0.25) is 0 Å². The zero-order chi connectivity index (χ0) is 13.2. The zero-order valence-electron chi connectivity index (χ0n) is 10.7. The van der Waals surface area contributed by atoms with Crippen LogP contribution in [0.25, 0.3) is 0 Å². The van der Waals surface area contributed by atoms with Crippen LogP contribution in [0.3, 0.4) is 0 Å². The Morgan fingerprint density at radius 3 is 2.68 bits per heavy atom. The van der Waals surface area contributed by atoms with Crippen LogP contribution in [0.1, 0.15) is 10.5 Å². The van der Waals surface area contributed by atoms with Gasteiger partial charge in [0.15, 0.2) is 0 Å². The minimum Gasteiger partial charge on any atom is -0.334 e. The minimum absolute atomic E-state index is 0.0406. The first-order valence-electron chi connectivity index (χ1n) is 6.59. The highest BCUT2D eigenvalue weighted by molar-refractivity contribution is 9.10. The van der Waals surface area contributed by atoms with E-state index in [9.17, 15) is 4.79 Å². The van der Waals surface area contributed by atoms with Crippen molar-refractivity contribution in [2.75, 3.05) is 39.3 Å². The van der Waals surface area contributed by atoms with Crippen molar-refractivity contribution >= 4 is 21.8 Å². The number of halogens is 1. The van der Waals surface area contributed by atoms with Crippen molar-refractivity contribution in [1.82, 2.24) is 20.1 Å². The number of pyridine rings is 1. The molecule has 1 amide bonds. The van der Waals surface area contributed by atoms with Crippen molar-refractivity contribution in [2.45, 2.75) is 6.04 Å². The Hall–Kier alpha value is -0.980. The van der Waals surface area contributed by atoms with E-state index in [1.54, 1.807) is 12.3 Å². The zero-order valence-corrected chi connectivity index (χ0v) is 12.3. The van der Waals surface area contributed by atoms with E-state index < -0.39 is 0 Å². The molecule has 5 nitrogen and oxygen atoms in total. The number of aromatic nitrogens is 1. The van der Waals surface area contributed by atoms with E-state index in [1.165, 1.54) is 0 Å². The number of piperazine rings is 1. The van der Waals surface area contributed by atoms with Crippen molar-refractivity contribution in [3.8, 4) is 0 Å². The topological polar surface area (TPSA) is 48.5 Å². The van der Waals surface area contributed by atoms with Crippen LogP contribution in [-0.2, 0) is 0 Å². The Morgan fingerprint density at radius 2 is 2.05 bits per heavy atom. The van der Waals surface area contributed by atoms with E-state index in [1.807, 2.05) is 11.0 Å². The molecule has 2 aliphatic rings. The monoisotopic (exact) mass is 324 g/mol. The molecule has 1 aromatic rings. The first-order valence-corrected chi connectivity index (χ1v) is 7.39. The lowest BCUT2D eigenvalue weighted by Gasteiger charge is -2.46. The van der Waals surface area contributed by atoms with E-state index in [0.29, 0.717) is 11.7 Å². The quantitative estimate of drug-likeness (QED) is 0.864. The van der Waals surface area contributed by atoms with E-state index in [4.69, 9.17) is 0 Å². The van der Waals surface area contributed by atoms with Gasteiger partial charge in [-0.05, 0) is 28.1 Å². The standard InChI is InChI=1S/C13H17BrN4O/c14-10-1-2-12(16-7-10)13(19)18-8-11(9-18)17-5-3-15-4-6-17/h1-2,7,11,15H,3-6,8-9H2. The van der Waals surface area contributed by atoms with Crippen LogP contribution < -0.4 is 5.32 Å². The van der Waals surface area contributed by atoms with Gasteiger partial charge in [-0.2, -0.15) is 0 Å². The van der Waals surface area contributed by atoms with Crippen LogP contribution >= 0.6 is 15.9 Å². The Labute approximate surface area is 121 Å². The first-order chi connectivity index (χ1) is 9.24. The number of nitrogens with one attached hydrogen (secondary N) is 1. The summed E-state index contributed by atoms with van der Waals surface area (Å²) in [6, 6.07) is 4.15. The Kier molecular flexibility index (Phi) is 3.81. The molecule has 3 heterocycles. The highest BCUT2D eigenvalue weighted by Gasteiger charge is 2.35. The van der Waals surface area contributed by atoms with Crippen LogP contribution in [0.5, 0.6) is 0 Å². The van der Waals surface area contributed by atoms with Crippen LogP contribution in [0, 0.1) is 0 Å². The second-order valence-corrected chi connectivity index (χ2v) is 5.93. The second kappa shape index (κ2) is 5.56. The molecule has 0 aromatic carbocycles. The summed E-state index contributed by atoms with van der Waals surface area (Å²) in [7, 11) is 0. The largest absolute Gasteiger partial charge is 0.334 e. The Bertz CT molecular complexity index is 452.